The first-order chi connectivity index (χ1) is 10.1. The standard InChI is InChI=1S/C16H29N3OS/c1-6-13-10-20-12(5)9-19(13)16-18-15(11(3)4)14(21-16)8-17-7-2/h11-13,17H,6-10H2,1-5H3. The largest absolute Gasteiger partial charge is 0.375 e. The molecule has 0 radical (unpaired) electrons. The number of nitrogens with one attached hydrogen (secondary N) is 1. The Morgan fingerprint density at radius 3 is 2.81 bits per heavy atom. The minimum Gasteiger partial charge on any atom is -0.375 e. The molecule has 21 heavy (non-hydrogen) atoms. The van der Waals surface area contributed by atoms with Gasteiger partial charge in [0, 0.05) is 18.0 Å². The number of morpholine rings is 1. The molecular formula is C16H29N3OS. The van der Waals surface area contributed by atoms with E-state index < -0.39 is 0 Å². The minimum atomic E-state index is 0.288. The van der Waals surface area contributed by atoms with Gasteiger partial charge in [-0.05, 0) is 25.8 Å². The normalized spacial score (nSPS) is 23.0. The van der Waals surface area contributed by atoms with E-state index in [-0.39, 0.29) is 6.10 Å². The number of aromatic nitrogens is 1. The highest BCUT2D eigenvalue weighted by Crippen LogP contribution is 2.33. The van der Waals surface area contributed by atoms with Crippen LogP contribution < -0.4 is 10.2 Å². The van der Waals surface area contributed by atoms with Gasteiger partial charge in [-0.25, -0.2) is 4.98 Å². The summed E-state index contributed by atoms with van der Waals surface area (Å²) in [4.78, 5) is 8.81. The first-order valence-electron chi connectivity index (χ1n) is 8.15. The zero-order valence-corrected chi connectivity index (χ0v) is 14.8. The van der Waals surface area contributed by atoms with Crippen LogP contribution in [0.4, 0.5) is 5.13 Å². The van der Waals surface area contributed by atoms with Crippen LogP contribution in [-0.4, -0.2) is 36.8 Å². The molecule has 0 amide bonds. The van der Waals surface area contributed by atoms with E-state index in [1.54, 1.807) is 0 Å². The summed E-state index contributed by atoms with van der Waals surface area (Å²) in [7, 11) is 0. The van der Waals surface area contributed by atoms with Gasteiger partial charge in [0.1, 0.15) is 0 Å². The first-order valence-corrected chi connectivity index (χ1v) is 8.96. The highest BCUT2D eigenvalue weighted by atomic mass is 32.1. The van der Waals surface area contributed by atoms with Crippen molar-refractivity contribution < 1.29 is 4.74 Å². The van der Waals surface area contributed by atoms with Gasteiger partial charge < -0.3 is 15.0 Å². The van der Waals surface area contributed by atoms with Crippen molar-refractivity contribution in [2.24, 2.45) is 0 Å². The zero-order valence-electron chi connectivity index (χ0n) is 14.0. The van der Waals surface area contributed by atoms with E-state index in [4.69, 9.17) is 9.72 Å². The summed E-state index contributed by atoms with van der Waals surface area (Å²) in [6.45, 7) is 14.7. The van der Waals surface area contributed by atoms with Gasteiger partial charge in [0.2, 0.25) is 0 Å². The lowest BCUT2D eigenvalue weighted by atomic mass is 10.1. The van der Waals surface area contributed by atoms with E-state index in [0.29, 0.717) is 12.0 Å². The van der Waals surface area contributed by atoms with E-state index in [2.05, 4.69) is 44.8 Å². The summed E-state index contributed by atoms with van der Waals surface area (Å²) < 4.78 is 5.81. The summed E-state index contributed by atoms with van der Waals surface area (Å²) in [5, 5.41) is 4.61. The molecule has 5 heteroatoms. The van der Waals surface area contributed by atoms with Crippen molar-refractivity contribution in [3.8, 4) is 0 Å². The molecule has 1 saturated heterocycles. The minimum absolute atomic E-state index is 0.288. The van der Waals surface area contributed by atoms with Gasteiger partial charge in [0.25, 0.3) is 0 Å². The molecule has 0 aromatic carbocycles. The molecular weight excluding hydrogens is 282 g/mol. The molecule has 120 valence electrons. The second-order valence-corrected chi connectivity index (χ2v) is 7.16. The van der Waals surface area contributed by atoms with Crippen LogP contribution in [0, 0.1) is 0 Å². The fourth-order valence-electron chi connectivity index (χ4n) is 2.71. The molecule has 0 bridgehead atoms. The Bertz CT molecular complexity index is 447. The molecule has 2 unspecified atom stereocenters. The topological polar surface area (TPSA) is 37.4 Å². The Morgan fingerprint density at radius 2 is 2.19 bits per heavy atom. The third kappa shape index (κ3) is 3.96. The van der Waals surface area contributed by atoms with Crippen LogP contribution in [-0.2, 0) is 11.3 Å². The zero-order chi connectivity index (χ0) is 15.4. The molecule has 1 aliphatic rings. The fourth-order valence-corrected chi connectivity index (χ4v) is 3.97. The van der Waals surface area contributed by atoms with E-state index >= 15 is 0 Å². The lowest BCUT2D eigenvalue weighted by Crippen LogP contribution is -2.48. The van der Waals surface area contributed by atoms with Gasteiger partial charge in [0.05, 0.1) is 24.4 Å². The van der Waals surface area contributed by atoms with Crippen LogP contribution in [0.2, 0.25) is 0 Å². The Morgan fingerprint density at radius 1 is 1.43 bits per heavy atom. The predicted octanol–water partition coefficient (Wildman–Crippen LogP) is 3.38. The van der Waals surface area contributed by atoms with Crippen molar-refractivity contribution in [2.75, 3.05) is 24.6 Å². The van der Waals surface area contributed by atoms with E-state index in [1.807, 2.05) is 11.3 Å². The van der Waals surface area contributed by atoms with Gasteiger partial charge in [-0.2, -0.15) is 0 Å². The van der Waals surface area contributed by atoms with Crippen molar-refractivity contribution in [1.29, 1.82) is 0 Å². The van der Waals surface area contributed by atoms with Gasteiger partial charge >= 0.3 is 0 Å². The number of rotatable bonds is 6. The fraction of sp³-hybridized carbons (Fsp3) is 0.812. The predicted molar refractivity (Wildman–Crippen MR) is 90.4 cm³/mol. The number of thiazole rings is 1. The maximum atomic E-state index is 5.81. The van der Waals surface area contributed by atoms with Gasteiger partial charge in [-0.15, -0.1) is 11.3 Å². The van der Waals surface area contributed by atoms with Crippen molar-refractivity contribution in [2.45, 2.75) is 65.6 Å². The van der Waals surface area contributed by atoms with Crippen LogP contribution in [0.3, 0.4) is 0 Å². The van der Waals surface area contributed by atoms with Crippen molar-refractivity contribution in [3.05, 3.63) is 10.6 Å². The van der Waals surface area contributed by atoms with E-state index in [9.17, 15) is 0 Å². The second-order valence-electron chi connectivity index (χ2n) is 6.10. The summed E-state index contributed by atoms with van der Waals surface area (Å²) in [5.74, 6) is 0.474. The third-order valence-electron chi connectivity index (χ3n) is 3.98. The second kappa shape index (κ2) is 7.56. The van der Waals surface area contributed by atoms with Crippen molar-refractivity contribution in [1.82, 2.24) is 10.3 Å². The highest BCUT2D eigenvalue weighted by molar-refractivity contribution is 7.15. The Labute approximate surface area is 132 Å². The van der Waals surface area contributed by atoms with Crippen LogP contribution in [0.1, 0.15) is 57.5 Å². The molecule has 1 fully saturated rings. The monoisotopic (exact) mass is 311 g/mol. The first kappa shape index (κ1) is 16.7. The summed E-state index contributed by atoms with van der Waals surface area (Å²) in [6, 6.07) is 0.458. The molecule has 1 N–H and O–H groups in total. The molecule has 1 aliphatic heterocycles. The smallest absolute Gasteiger partial charge is 0.186 e. The van der Waals surface area contributed by atoms with Crippen LogP contribution >= 0.6 is 11.3 Å². The Balaban J connectivity index is 2.25. The Hall–Kier alpha value is -0.650. The SMILES string of the molecule is CCNCc1sc(N2CC(C)OCC2CC)nc1C(C)C. The maximum absolute atomic E-state index is 5.81. The molecule has 0 aliphatic carbocycles. The maximum Gasteiger partial charge on any atom is 0.186 e. The number of hydrogen-bond donors (Lipinski definition) is 1. The molecule has 2 rings (SSSR count). The quantitative estimate of drug-likeness (QED) is 0.874. The van der Waals surface area contributed by atoms with Crippen LogP contribution in [0.15, 0.2) is 0 Å². The molecule has 0 spiro atoms. The molecule has 2 heterocycles. The molecule has 4 nitrogen and oxygen atoms in total. The third-order valence-corrected chi connectivity index (χ3v) is 5.09. The van der Waals surface area contributed by atoms with Crippen LogP contribution in [0.25, 0.3) is 0 Å². The summed E-state index contributed by atoms with van der Waals surface area (Å²) in [5.41, 5.74) is 1.25. The van der Waals surface area contributed by atoms with Gasteiger partial charge in [-0.3, -0.25) is 0 Å². The summed E-state index contributed by atoms with van der Waals surface area (Å²) in [6.07, 6.45) is 1.39. The number of hydrogen-bond acceptors (Lipinski definition) is 5. The lowest BCUT2D eigenvalue weighted by Gasteiger charge is -2.38. The molecule has 1 aromatic heterocycles. The Kier molecular flexibility index (Phi) is 6.02. The van der Waals surface area contributed by atoms with Crippen molar-refractivity contribution >= 4 is 16.5 Å². The average molecular weight is 311 g/mol. The van der Waals surface area contributed by atoms with Crippen molar-refractivity contribution in [3.63, 3.8) is 0 Å². The number of ether oxygens (including phenoxy) is 1. The van der Waals surface area contributed by atoms with E-state index in [0.717, 1.165) is 32.7 Å². The van der Waals surface area contributed by atoms with Gasteiger partial charge in [0.15, 0.2) is 5.13 Å². The number of anilines is 1. The molecule has 0 saturated carbocycles. The molecule has 2 atom stereocenters. The molecule has 1 aromatic rings. The van der Waals surface area contributed by atoms with E-state index in [1.165, 1.54) is 15.7 Å². The van der Waals surface area contributed by atoms with Crippen LogP contribution in [0.5, 0.6) is 0 Å². The average Bonchev–Trinajstić information content (AvgIpc) is 2.89. The van der Waals surface area contributed by atoms with Gasteiger partial charge in [-0.1, -0.05) is 27.7 Å². The highest BCUT2D eigenvalue weighted by Gasteiger charge is 2.29. The summed E-state index contributed by atoms with van der Waals surface area (Å²) >= 11 is 1.85. The number of nitrogens with zero attached hydrogens (tertiary/aromatic N) is 2. The lowest BCUT2D eigenvalue weighted by molar-refractivity contribution is 0.0299.